The molecule has 4 heteroatoms. The zero-order valence-electron chi connectivity index (χ0n) is 13.7. The molecule has 0 amide bonds. The first-order chi connectivity index (χ1) is 11.1. The average Bonchev–Trinajstić information content (AvgIpc) is 2.73. The Morgan fingerprint density at radius 3 is 2.61 bits per heavy atom. The van der Waals surface area contributed by atoms with Crippen molar-refractivity contribution in [1.29, 1.82) is 0 Å². The number of hydrogen-bond donors (Lipinski definition) is 1. The summed E-state index contributed by atoms with van der Waals surface area (Å²) in [6.45, 7) is 3.20. The molecule has 0 spiro atoms. The van der Waals surface area contributed by atoms with Crippen LogP contribution in [0.4, 0.5) is 4.39 Å². The fraction of sp³-hybridized carbons (Fsp3) is 0.684. The minimum Gasteiger partial charge on any atom is -0.389 e. The molecule has 1 aliphatic carbocycles. The number of rotatable bonds is 4. The summed E-state index contributed by atoms with van der Waals surface area (Å²) in [5, 5.41) is 11.6. The molecule has 2 atom stereocenters. The van der Waals surface area contributed by atoms with Gasteiger partial charge in [-0.05, 0) is 50.9 Å². The molecule has 2 fully saturated rings. The van der Waals surface area contributed by atoms with E-state index in [0.29, 0.717) is 17.0 Å². The van der Waals surface area contributed by atoms with Gasteiger partial charge in [0.2, 0.25) is 0 Å². The van der Waals surface area contributed by atoms with Crippen molar-refractivity contribution >= 4 is 11.6 Å². The molecular formula is C19H27ClFNO. The molecule has 1 aromatic rings. The lowest BCUT2D eigenvalue weighted by Crippen LogP contribution is -2.43. The molecule has 3 rings (SSSR count). The first kappa shape index (κ1) is 17.2. The van der Waals surface area contributed by atoms with Gasteiger partial charge in [-0.2, -0.15) is 0 Å². The summed E-state index contributed by atoms with van der Waals surface area (Å²) in [6.07, 6.45) is 8.26. The Balaban J connectivity index is 1.71. The van der Waals surface area contributed by atoms with E-state index in [1.54, 1.807) is 12.1 Å². The monoisotopic (exact) mass is 339 g/mol. The zero-order valence-corrected chi connectivity index (χ0v) is 14.5. The number of nitrogens with zero attached hydrogens (tertiary/aromatic N) is 1. The third-order valence-corrected chi connectivity index (χ3v) is 6.00. The third kappa shape index (κ3) is 4.07. The predicted molar refractivity (Wildman–Crippen MR) is 92.3 cm³/mol. The Bertz CT molecular complexity index is 510. The Morgan fingerprint density at radius 1 is 1.17 bits per heavy atom. The average molecular weight is 340 g/mol. The molecule has 128 valence electrons. The van der Waals surface area contributed by atoms with Crippen molar-refractivity contribution in [3.05, 3.63) is 34.6 Å². The van der Waals surface area contributed by atoms with E-state index in [1.807, 2.05) is 0 Å². The highest BCUT2D eigenvalue weighted by molar-refractivity contribution is 6.31. The molecule has 1 saturated heterocycles. The molecule has 2 aliphatic rings. The van der Waals surface area contributed by atoms with E-state index in [4.69, 9.17) is 11.6 Å². The van der Waals surface area contributed by atoms with Gasteiger partial charge < -0.3 is 10.0 Å². The smallest absolute Gasteiger partial charge is 0.127 e. The first-order valence-electron chi connectivity index (χ1n) is 8.96. The fourth-order valence-electron chi connectivity index (χ4n) is 4.26. The van der Waals surface area contributed by atoms with Crippen LogP contribution in [0.25, 0.3) is 0 Å². The second kappa shape index (κ2) is 7.50. The maximum Gasteiger partial charge on any atom is 0.127 e. The summed E-state index contributed by atoms with van der Waals surface area (Å²) in [6, 6.07) is 4.76. The molecule has 1 heterocycles. The van der Waals surface area contributed by atoms with E-state index in [9.17, 15) is 9.50 Å². The van der Waals surface area contributed by atoms with Gasteiger partial charge in [0.05, 0.1) is 5.60 Å². The molecule has 23 heavy (non-hydrogen) atoms. The van der Waals surface area contributed by atoms with Crippen molar-refractivity contribution in [1.82, 2.24) is 4.90 Å². The van der Waals surface area contributed by atoms with Crippen LogP contribution in [0.15, 0.2) is 18.2 Å². The molecule has 1 saturated carbocycles. The van der Waals surface area contributed by atoms with Crippen molar-refractivity contribution in [2.75, 3.05) is 19.6 Å². The van der Waals surface area contributed by atoms with Crippen LogP contribution in [0.5, 0.6) is 0 Å². The van der Waals surface area contributed by atoms with Crippen LogP contribution in [-0.4, -0.2) is 35.2 Å². The molecule has 2 nitrogen and oxygen atoms in total. The second-order valence-electron chi connectivity index (χ2n) is 7.28. The summed E-state index contributed by atoms with van der Waals surface area (Å²) < 4.78 is 14.1. The highest BCUT2D eigenvalue weighted by Crippen LogP contribution is 2.40. The second-order valence-corrected chi connectivity index (χ2v) is 7.69. The van der Waals surface area contributed by atoms with Gasteiger partial charge in [-0.1, -0.05) is 36.9 Å². The standard InChI is InChI=1S/C19H27ClFNO/c20-17-8-5-9-18(21)16(17)13-19(23)10-6-7-15(19)14-22-11-3-1-2-4-12-22/h5,8-9,15,23H,1-4,6-7,10-14H2. The SMILES string of the molecule is OC1(Cc2c(F)cccc2Cl)CCCC1CN1CCCCCC1. The molecular weight excluding hydrogens is 313 g/mol. The Labute approximate surface area is 143 Å². The van der Waals surface area contributed by atoms with Crippen LogP contribution >= 0.6 is 11.6 Å². The molecule has 0 radical (unpaired) electrons. The van der Waals surface area contributed by atoms with E-state index in [0.717, 1.165) is 38.9 Å². The van der Waals surface area contributed by atoms with Crippen LogP contribution in [0.2, 0.25) is 5.02 Å². The van der Waals surface area contributed by atoms with Gasteiger partial charge in [-0.3, -0.25) is 0 Å². The summed E-state index contributed by atoms with van der Waals surface area (Å²) in [4.78, 5) is 2.50. The number of aliphatic hydroxyl groups is 1. The molecule has 2 unspecified atom stereocenters. The highest BCUT2D eigenvalue weighted by Gasteiger charge is 2.42. The van der Waals surface area contributed by atoms with Gasteiger partial charge in [0.1, 0.15) is 5.82 Å². The number of likely N-dealkylation sites (tertiary alicyclic amines) is 1. The maximum absolute atomic E-state index is 14.1. The van der Waals surface area contributed by atoms with E-state index in [2.05, 4.69) is 4.90 Å². The highest BCUT2D eigenvalue weighted by atomic mass is 35.5. The molecule has 1 N–H and O–H groups in total. The van der Waals surface area contributed by atoms with E-state index < -0.39 is 5.60 Å². The van der Waals surface area contributed by atoms with E-state index in [-0.39, 0.29) is 11.7 Å². The number of benzene rings is 1. The summed E-state index contributed by atoms with van der Waals surface area (Å²) in [5.74, 6) is -0.0809. The Kier molecular flexibility index (Phi) is 5.61. The van der Waals surface area contributed by atoms with Gasteiger partial charge >= 0.3 is 0 Å². The van der Waals surface area contributed by atoms with Crippen LogP contribution < -0.4 is 0 Å². The largest absolute Gasteiger partial charge is 0.389 e. The summed E-state index contributed by atoms with van der Waals surface area (Å²) in [5.41, 5.74) is -0.350. The minimum atomic E-state index is -0.821. The quantitative estimate of drug-likeness (QED) is 0.877. The molecule has 0 bridgehead atoms. The third-order valence-electron chi connectivity index (χ3n) is 5.64. The van der Waals surface area contributed by atoms with Crippen molar-refractivity contribution in [3.8, 4) is 0 Å². The zero-order chi connectivity index (χ0) is 16.3. The lowest BCUT2D eigenvalue weighted by Gasteiger charge is -2.34. The van der Waals surface area contributed by atoms with Crippen molar-refractivity contribution < 1.29 is 9.50 Å². The van der Waals surface area contributed by atoms with Crippen LogP contribution in [0, 0.1) is 11.7 Å². The van der Waals surface area contributed by atoms with Gasteiger partial charge in [-0.25, -0.2) is 4.39 Å². The van der Waals surface area contributed by atoms with Crippen LogP contribution in [0.1, 0.15) is 50.5 Å². The Hall–Kier alpha value is -0.640. The normalized spacial score (nSPS) is 29.6. The topological polar surface area (TPSA) is 23.5 Å². The maximum atomic E-state index is 14.1. The van der Waals surface area contributed by atoms with Gasteiger partial charge in [0.15, 0.2) is 0 Å². The summed E-state index contributed by atoms with van der Waals surface area (Å²) >= 11 is 6.17. The number of halogens is 2. The summed E-state index contributed by atoms with van der Waals surface area (Å²) in [7, 11) is 0. The van der Waals surface area contributed by atoms with Gasteiger partial charge in [0.25, 0.3) is 0 Å². The van der Waals surface area contributed by atoms with Crippen molar-refractivity contribution in [2.45, 2.75) is 57.0 Å². The number of hydrogen-bond acceptors (Lipinski definition) is 2. The minimum absolute atomic E-state index is 0.219. The molecule has 1 aromatic carbocycles. The van der Waals surface area contributed by atoms with Gasteiger partial charge in [-0.15, -0.1) is 0 Å². The van der Waals surface area contributed by atoms with E-state index in [1.165, 1.54) is 31.7 Å². The fourth-order valence-corrected chi connectivity index (χ4v) is 4.49. The predicted octanol–water partition coefficient (Wildman–Crippen LogP) is 4.43. The van der Waals surface area contributed by atoms with Crippen molar-refractivity contribution in [2.24, 2.45) is 5.92 Å². The lowest BCUT2D eigenvalue weighted by atomic mass is 9.84. The van der Waals surface area contributed by atoms with Crippen LogP contribution in [0.3, 0.4) is 0 Å². The molecule has 0 aromatic heterocycles. The van der Waals surface area contributed by atoms with E-state index >= 15 is 0 Å². The molecule has 1 aliphatic heterocycles. The van der Waals surface area contributed by atoms with Gasteiger partial charge in [0, 0.05) is 29.5 Å². The van der Waals surface area contributed by atoms with Crippen LogP contribution in [-0.2, 0) is 6.42 Å². The first-order valence-corrected chi connectivity index (χ1v) is 9.34. The lowest BCUT2D eigenvalue weighted by molar-refractivity contribution is -0.0108. The Morgan fingerprint density at radius 2 is 1.91 bits per heavy atom. The van der Waals surface area contributed by atoms with Crippen molar-refractivity contribution in [3.63, 3.8) is 0 Å².